The fourth-order valence-corrected chi connectivity index (χ4v) is 4.24. The molecule has 0 fully saturated rings. The van der Waals surface area contributed by atoms with E-state index in [4.69, 9.17) is 0 Å². The lowest BCUT2D eigenvalue weighted by atomic mass is 9.79. The SMILES string of the molecule is O=C(C(Cc1ccc(C(F)(F)F)cn1)c1ccc(F)cc1)C(Cc1ccc(C(F)(F)F)cn1)c1ccc(F)cc1. The van der Waals surface area contributed by atoms with Crippen LogP contribution >= 0.6 is 0 Å². The van der Waals surface area contributed by atoms with E-state index in [0.717, 1.165) is 48.5 Å². The largest absolute Gasteiger partial charge is 0.417 e. The van der Waals surface area contributed by atoms with Crippen LogP contribution < -0.4 is 0 Å². The molecule has 11 heteroatoms. The van der Waals surface area contributed by atoms with Gasteiger partial charge in [-0.3, -0.25) is 14.8 Å². The number of nitrogens with zero attached hydrogens (tertiary/aromatic N) is 2. The number of rotatable bonds is 8. The molecule has 2 heterocycles. The van der Waals surface area contributed by atoms with Gasteiger partial charge in [-0.1, -0.05) is 24.3 Å². The summed E-state index contributed by atoms with van der Waals surface area (Å²) in [5.74, 6) is -3.71. The lowest BCUT2D eigenvalue weighted by Crippen LogP contribution is -2.25. The molecule has 0 aliphatic carbocycles. The van der Waals surface area contributed by atoms with Crippen LogP contribution in [0.1, 0.15) is 45.5 Å². The van der Waals surface area contributed by atoms with Crippen molar-refractivity contribution >= 4 is 5.78 Å². The molecule has 0 amide bonds. The number of benzene rings is 2. The van der Waals surface area contributed by atoms with Crippen molar-refractivity contribution in [1.82, 2.24) is 9.97 Å². The number of carbonyl (C=O) groups is 1. The number of alkyl halides is 6. The third-order valence-corrected chi connectivity index (χ3v) is 6.36. The Hall–Kier alpha value is -4.15. The fourth-order valence-electron chi connectivity index (χ4n) is 4.24. The second kappa shape index (κ2) is 11.5. The molecule has 4 aromatic rings. The van der Waals surface area contributed by atoms with Crippen molar-refractivity contribution < 1.29 is 39.9 Å². The molecule has 0 saturated heterocycles. The van der Waals surface area contributed by atoms with E-state index in [9.17, 15) is 39.9 Å². The summed E-state index contributed by atoms with van der Waals surface area (Å²) < 4.78 is 105. The third kappa shape index (κ3) is 7.08. The molecule has 4 rings (SSSR count). The van der Waals surface area contributed by atoms with Gasteiger partial charge in [0.1, 0.15) is 17.4 Å². The number of carbonyl (C=O) groups excluding carboxylic acids is 1. The molecule has 3 nitrogen and oxygen atoms in total. The zero-order valence-electron chi connectivity index (χ0n) is 20.5. The maximum absolute atomic E-state index is 14.1. The molecule has 40 heavy (non-hydrogen) atoms. The summed E-state index contributed by atoms with van der Waals surface area (Å²) in [5, 5.41) is 0. The molecule has 0 N–H and O–H groups in total. The molecular weight excluding hydrogens is 544 g/mol. The van der Waals surface area contributed by atoms with Crippen molar-refractivity contribution in [2.75, 3.05) is 0 Å². The predicted molar refractivity (Wildman–Crippen MR) is 129 cm³/mol. The minimum atomic E-state index is -4.61. The van der Waals surface area contributed by atoms with Gasteiger partial charge >= 0.3 is 12.4 Å². The maximum atomic E-state index is 14.1. The Bertz CT molecular complexity index is 1320. The molecule has 2 atom stereocenters. The zero-order chi connectivity index (χ0) is 29.1. The minimum absolute atomic E-state index is 0.152. The maximum Gasteiger partial charge on any atom is 0.417 e. The van der Waals surface area contributed by atoms with Gasteiger partial charge in [-0.25, -0.2) is 8.78 Å². The van der Waals surface area contributed by atoms with Gasteiger partial charge < -0.3 is 0 Å². The van der Waals surface area contributed by atoms with Gasteiger partial charge in [0.05, 0.1) is 11.1 Å². The number of halogens is 8. The van der Waals surface area contributed by atoms with Gasteiger partial charge in [0.15, 0.2) is 0 Å². The molecular formula is C29H20F8N2O. The first kappa shape index (κ1) is 28.8. The summed E-state index contributed by atoms with van der Waals surface area (Å²) in [7, 11) is 0. The van der Waals surface area contributed by atoms with Gasteiger partial charge in [-0.2, -0.15) is 26.3 Å². The van der Waals surface area contributed by atoms with Crippen molar-refractivity contribution in [1.29, 1.82) is 0 Å². The van der Waals surface area contributed by atoms with Crippen molar-refractivity contribution in [3.8, 4) is 0 Å². The third-order valence-electron chi connectivity index (χ3n) is 6.36. The van der Waals surface area contributed by atoms with Gasteiger partial charge in [-0.15, -0.1) is 0 Å². The van der Waals surface area contributed by atoms with Crippen LogP contribution in [0.5, 0.6) is 0 Å². The van der Waals surface area contributed by atoms with E-state index in [1.54, 1.807) is 0 Å². The van der Waals surface area contributed by atoms with Gasteiger partial charge in [0, 0.05) is 48.5 Å². The normalized spacial score (nSPS) is 13.6. The zero-order valence-corrected chi connectivity index (χ0v) is 20.5. The Morgan fingerprint density at radius 3 is 1.20 bits per heavy atom. The number of hydrogen-bond donors (Lipinski definition) is 0. The van der Waals surface area contributed by atoms with Gasteiger partial charge in [0.2, 0.25) is 0 Å². The highest BCUT2D eigenvalue weighted by molar-refractivity contribution is 5.92. The molecule has 0 aliphatic heterocycles. The van der Waals surface area contributed by atoms with E-state index in [-0.39, 0.29) is 24.2 Å². The summed E-state index contributed by atoms with van der Waals surface area (Å²) in [6, 6.07) is 13.9. The van der Waals surface area contributed by atoms with Crippen molar-refractivity contribution in [3.05, 3.63) is 130 Å². The van der Waals surface area contributed by atoms with E-state index >= 15 is 0 Å². The minimum Gasteiger partial charge on any atom is -0.298 e. The lowest BCUT2D eigenvalue weighted by Gasteiger charge is -2.24. The number of Topliss-reactive ketones (excluding diaryl/α,β-unsaturated/α-hetero) is 1. The standard InChI is InChI=1S/C29H20F8N2O/c30-21-7-1-17(2-8-21)25(13-23-11-5-19(15-38-23)28(32,33)34)27(40)26(18-3-9-22(31)10-4-18)14-24-12-6-20(16-39-24)29(35,36)37/h1-12,15-16,25-26H,13-14H2. The topological polar surface area (TPSA) is 42.9 Å². The lowest BCUT2D eigenvalue weighted by molar-refractivity contribution is -0.138. The van der Waals surface area contributed by atoms with E-state index in [1.807, 2.05) is 0 Å². The smallest absolute Gasteiger partial charge is 0.298 e. The molecule has 0 spiro atoms. The van der Waals surface area contributed by atoms with Crippen LogP contribution in [0.2, 0.25) is 0 Å². The van der Waals surface area contributed by atoms with E-state index in [1.165, 1.54) is 24.3 Å². The quantitative estimate of drug-likeness (QED) is 0.206. The Morgan fingerprint density at radius 1 is 0.575 bits per heavy atom. The predicted octanol–water partition coefficient (Wildman–Crippen LogP) is 7.71. The van der Waals surface area contributed by atoms with Crippen molar-refractivity contribution in [2.45, 2.75) is 37.0 Å². The van der Waals surface area contributed by atoms with Crippen LogP contribution in [-0.2, 0) is 30.0 Å². The molecule has 208 valence electrons. The van der Waals surface area contributed by atoms with Crippen molar-refractivity contribution in [3.63, 3.8) is 0 Å². The number of hydrogen-bond acceptors (Lipinski definition) is 3. The highest BCUT2D eigenvalue weighted by Crippen LogP contribution is 2.34. The second-order valence-corrected chi connectivity index (χ2v) is 9.09. The van der Waals surface area contributed by atoms with E-state index in [0.29, 0.717) is 23.5 Å². The Balaban J connectivity index is 1.72. The summed E-state index contributed by atoms with van der Waals surface area (Å²) in [6.07, 6.45) is -8.24. The molecule has 0 radical (unpaired) electrons. The van der Waals surface area contributed by atoms with Gasteiger partial charge in [0.25, 0.3) is 0 Å². The molecule has 2 unspecified atom stereocenters. The Morgan fingerprint density at radius 2 is 0.925 bits per heavy atom. The van der Waals surface area contributed by atoms with Crippen molar-refractivity contribution in [2.24, 2.45) is 0 Å². The number of pyridine rings is 2. The number of aromatic nitrogens is 2. The molecule has 0 bridgehead atoms. The second-order valence-electron chi connectivity index (χ2n) is 9.09. The van der Waals surface area contributed by atoms with Crippen LogP contribution in [0.25, 0.3) is 0 Å². The fraction of sp³-hybridized carbons (Fsp3) is 0.207. The first-order valence-electron chi connectivity index (χ1n) is 11.9. The Labute approximate surface area is 223 Å². The van der Waals surface area contributed by atoms with Crippen LogP contribution in [0.3, 0.4) is 0 Å². The molecule has 0 aliphatic rings. The number of ketones is 1. The van der Waals surface area contributed by atoms with E-state index in [2.05, 4.69) is 9.97 Å². The van der Waals surface area contributed by atoms with Crippen LogP contribution in [-0.4, -0.2) is 15.8 Å². The highest BCUT2D eigenvalue weighted by atomic mass is 19.4. The van der Waals surface area contributed by atoms with E-state index < -0.39 is 52.7 Å². The summed E-state index contributed by atoms with van der Waals surface area (Å²) >= 11 is 0. The molecule has 2 aromatic carbocycles. The first-order chi connectivity index (χ1) is 18.8. The van der Waals surface area contributed by atoms with Crippen LogP contribution in [0.15, 0.2) is 85.2 Å². The first-order valence-corrected chi connectivity index (χ1v) is 11.9. The summed E-state index contributed by atoms with van der Waals surface area (Å²) in [6.45, 7) is 0. The summed E-state index contributed by atoms with van der Waals surface area (Å²) in [4.78, 5) is 21.8. The highest BCUT2D eigenvalue weighted by Gasteiger charge is 2.34. The van der Waals surface area contributed by atoms with Gasteiger partial charge in [-0.05, 0) is 59.7 Å². The average Bonchev–Trinajstić information content (AvgIpc) is 2.91. The molecule has 0 saturated carbocycles. The van der Waals surface area contributed by atoms with Crippen LogP contribution in [0.4, 0.5) is 35.1 Å². The monoisotopic (exact) mass is 564 g/mol. The summed E-state index contributed by atoms with van der Waals surface area (Å²) in [5.41, 5.74) is -0.944. The van der Waals surface area contributed by atoms with Crippen LogP contribution in [0, 0.1) is 11.6 Å². The Kier molecular flexibility index (Phi) is 8.32. The average molecular weight is 564 g/mol. The molecule has 2 aromatic heterocycles.